The highest BCUT2D eigenvalue weighted by atomic mass is 15.1. The minimum Gasteiger partial charge on any atom is -0.348 e. The van der Waals surface area contributed by atoms with Crippen LogP contribution in [0.2, 0.25) is 0 Å². The summed E-state index contributed by atoms with van der Waals surface area (Å²) in [6, 6.07) is 13.1. The van der Waals surface area contributed by atoms with Crippen LogP contribution in [0.4, 0.5) is 5.69 Å². The Balaban J connectivity index is 2.56. The highest BCUT2D eigenvalue weighted by Gasteiger charge is 2.16. The van der Waals surface area contributed by atoms with Gasteiger partial charge in [-0.3, -0.25) is 0 Å². The van der Waals surface area contributed by atoms with Gasteiger partial charge in [0.1, 0.15) is 0 Å². The first-order valence-corrected chi connectivity index (χ1v) is 8.79. The van der Waals surface area contributed by atoms with Crippen LogP contribution in [0.3, 0.4) is 0 Å². The van der Waals surface area contributed by atoms with E-state index in [-0.39, 0.29) is 0 Å². The minimum absolute atomic E-state index is 0.435. The normalized spacial score (nSPS) is 13.4. The van der Waals surface area contributed by atoms with Crippen molar-refractivity contribution in [2.75, 3.05) is 11.9 Å². The summed E-state index contributed by atoms with van der Waals surface area (Å²) in [5.41, 5.74) is 3.92. The molecule has 0 fully saturated rings. The quantitative estimate of drug-likeness (QED) is 0.399. The lowest BCUT2D eigenvalue weighted by molar-refractivity contribution is 0.785. The van der Waals surface area contributed by atoms with Gasteiger partial charge in [-0.1, -0.05) is 62.4 Å². The molecule has 2 rings (SSSR count). The average Bonchev–Trinajstić information content (AvgIpc) is 2.60. The Bertz CT molecular complexity index is 752. The van der Waals surface area contributed by atoms with Gasteiger partial charge in [0.15, 0.2) is 0 Å². The lowest BCUT2D eigenvalue weighted by atomic mass is 9.90. The number of rotatable bonds is 7. The average molecular weight is 319 g/mol. The maximum atomic E-state index is 3.93. The van der Waals surface area contributed by atoms with Crippen molar-refractivity contribution >= 4 is 16.5 Å². The van der Waals surface area contributed by atoms with E-state index in [2.05, 4.69) is 93.9 Å². The summed E-state index contributed by atoms with van der Waals surface area (Å²) < 4.78 is 0. The Labute approximate surface area is 147 Å². The fourth-order valence-electron chi connectivity index (χ4n) is 3.11. The number of fused-ring (bicyclic) bond motifs is 1. The molecule has 1 unspecified atom stereocenters. The number of allylic oxidation sites excluding steroid dienone is 5. The van der Waals surface area contributed by atoms with Gasteiger partial charge in [0.25, 0.3) is 0 Å². The van der Waals surface area contributed by atoms with E-state index >= 15 is 0 Å². The van der Waals surface area contributed by atoms with E-state index in [1.807, 2.05) is 6.08 Å². The Morgan fingerprint density at radius 3 is 2.67 bits per heavy atom. The number of nitrogens with zero attached hydrogens (tertiary/aromatic N) is 1. The molecule has 0 amide bonds. The molecule has 0 heterocycles. The van der Waals surface area contributed by atoms with Gasteiger partial charge in [0.05, 0.1) is 0 Å². The van der Waals surface area contributed by atoms with Crippen LogP contribution in [0.25, 0.3) is 10.8 Å². The zero-order chi connectivity index (χ0) is 17.5. The van der Waals surface area contributed by atoms with Crippen LogP contribution in [-0.2, 0) is 0 Å². The predicted octanol–water partition coefficient (Wildman–Crippen LogP) is 6.83. The molecule has 0 aliphatic carbocycles. The largest absolute Gasteiger partial charge is 0.348 e. The van der Waals surface area contributed by atoms with E-state index in [0.29, 0.717) is 5.92 Å². The molecule has 0 aliphatic rings. The Morgan fingerprint density at radius 2 is 1.96 bits per heavy atom. The molecule has 24 heavy (non-hydrogen) atoms. The second-order valence-electron chi connectivity index (χ2n) is 6.35. The molecule has 0 saturated carbocycles. The van der Waals surface area contributed by atoms with Crippen LogP contribution in [0.1, 0.15) is 45.1 Å². The first kappa shape index (κ1) is 18.1. The summed E-state index contributed by atoms with van der Waals surface area (Å²) >= 11 is 0. The van der Waals surface area contributed by atoms with E-state index in [1.54, 1.807) is 0 Å². The van der Waals surface area contributed by atoms with E-state index < -0.39 is 0 Å². The molecule has 2 aromatic rings. The third kappa shape index (κ3) is 3.97. The summed E-state index contributed by atoms with van der Waals surface area (Å²) in [5, 5.41) is 2.64. The SMILES string of the molecule is C=CCC(C)c1c(N(C)/C(C)=C/C=C/CC)ccc2ccccc12. The number of benzene rings is 2. The van der Waals surface area contributed by atoms with Gasteiger partial charge in [-0.2, -0.15) is 0 Å². The molecule has 0 spiro atoms. The van der Waals surface area contributed by atoms with Crippen LogP contribution in [0, 0.1) is 0 Å². The van der Waals surface area contributed by atoms with Crippen molar-refractivity contribution in [3.8, 4) is 0 Å². The Morgan fingerprint density at radius 1 is 1.21 bits per heavy atom. The van der Waals surface area contributed by atoms with Crippen molar-refractivity contribution in [2.45, 2.75) is 39.5 Å². The van der Waals surface area contributed by atoms with Crippen molar-refractivity contribution in [3.05, 3.63) is 78.5 Å². The van der Waals surface area contributed by atoms with Gasteiger partial charge in [-0.15, -0.1) is 6.58 Å². The van der Waals surface area contributed by atoms with E-state index in [1.165, 1.54) is 27.7 Å². The van der Waals surface area contributed by atoms with Crippen molar-refractivity contribution in [1.82, 2.24) is 0 Å². The second-order valence-corrected chi connectivity index (χ2v) is 6.35. The summed E-state index contributed by atoms with van der Waals surface area (Å²) in [6.45, 7) is 10.5. The molecule has 1 nitrogen and oxygen atoms in total. The first-order valence-electron chi connectivity index (χ1n) is 8.79. The van der Waals surface area contributed by atoms with Gasteiger partial charge in [0, 0.05) is 18.4 Å². The predicted molar refractivity (Wildman–Crippen MR) is 109 cm³/mol. The van der Waals surface area contributed by atoms with Gasteiger partial charge in [0.2, 0.25) is 0 Å². The molecule has 126 valence electrons. The third-order valence-electron chi connectivity index (χ3n) is 4.56. The highest BCUT2D eigenvalue weighted by molar-refractivity contribution is 5.91. The van der Waals surface area contributed by atoms with Crippen LogP contribution in [-0.4, -0.2) is 7.05 Å². The molecule has 0 radical (unpaired) electrons. The molecule has 0 bridgehead atoms. The fraction of sp³-hybridized carbons (Fsp3) is 0.304. The van der Waals surface area contributed by atoms with Gasteiger partial charge < -0.3 is 4.90 Å². The zero-order valence-electron chi connectivity index (χ0n) is 15.4. The minimum atomic E-state index is 0.435. The summed E-state index contributed by atoms with van der Waals surface area (Å²) in [4.78, 5) is 2.29. The topological polar surface area (TPSA) is 3.24 Å². The number of anilines is 1. The highest BCUT2D eigenvalue weighted by Crippen LogP contribution is 2.37. The van der Waals surface area contributed by atoms with Gasteiger partial charge in [-0.25, -0.2) is 0 Å². The molecule has 0 saturated heterocycles. The molecule has 1 heteroatoms. The summed E-state index contributed by atoms with van der Waals surface area (Å²) in [5.74, 6) is 0.435. The monoisotopic (exact) mass is 319 g/mol. The Kier molecular flexibility index (Phi) is 6.43. The van der Waals surface area contributed by atoms with Crippen LogP contribution < -0.4 is 4.90 Å². The summed E-state index contributed by atoms with van der Waals surface area (Å²) in [7, 11) is 2.15. The maximum absolute atomic E-state index is 3.93. The van der Waals surface area contributed by atoms with E-state index in [0.717, 1.165) is 12.8 Å². The fourth-order valence-corrected chi connectivity index (χ4v) is 3.11. The molecule has 1 atom stereocenters. The molecule has 0 aliphatic heterocycles. The first-order chi connectivity index (χ1) is 11.6. The van der Waals surface area contributed by atoms with Crippen LogP contribution >= 0.6 is 0 Å². The van der Waals surface area contributed by atoms with Gasteiger partial charge >= 0.3 is 0 Å². The van der Waals surface area contributed by atoms with E-state index in [4.69, 9.17) is 0 Å². The molecular formula is C23H29N. The molecule has 0 aromatic heterocycles. The Hall–Kier alpha value is -2.28. The van der Waals surface area contributed by atoms with Crippen molar-refractivity contribution in [2.24, 2.45) is 0 Å². The number of hydrogen-bond acceptors (Lipinski definition) is 1. The van der Waals surface area contributed by atoms with Crippen LogP contribution in [0.5, 0.6) is 0 Å². The van der Waals surface area contributed by atoms with Gasteiger partial charge in [-0.05, 0) is 54.2 Å². The number of hydrogen-bond donors (Lipinski definition) is 0. The standard InChI is InChI=1S/C23H29N/c1-6-8-9-13-19(4)24(5)22-17-16-20-14-10-11-15-21(20)23(22)18(3)12-7-2/h7-11,13-18H,2,6,12H2,1,3-5H3/b9-8+,19-13+. The second kappa shape index (κ2) is 8.54. The van der Waals surface area contributed by atoms with Crippen molar-refractivity contribution < 1.29 is 0 Å². The smallest absolute Gasteiger partial charge is 0.0447 e. The third-order valence-corrected chi connectivity index (χ3v) is 4.56. The summed E-state index contributed by atoms with van der Waals surface area (Å²) in [6.07, 6.45) is 10.6. The lowest BCUT2D eigenvalue weighted by Crippen LogP contribution is -2.17. The lowest BCUT2D eigenvalue weighted by Gasteiger charge is -2.27. The van der Waals surface area contributed by atoms with Crippen molar-refractivity contribution in [1.29, 1.82) is 0 Å². The van der Waals surface area contributed by atoms with Crippen LogP contribution in [0.15, 0.2) is 73.0 Å². The maximum Gasteiger partial charge on any atom is 0.0447 e. The molecule has 2 aromatic carbocycles. The van der Waals surface area contributed by atoms with E-state index in [9.17, 15) is 0 Å². The zero-order valence-corrected chi connectivity index (χ0v) is 15.4. The van der Waals surface area contributed by atoms with Crippen molar-refractivity contribution in [3.63, 3.8) is 0 Å². The molecular weight excluding hydrogens is 290 g/mol. The molecule has 0 N–H and O–H groups in total.